The Hall–Kier alpha value is -0.170. The van der Waals surface area contributed by atoms with Gasteiger partial charge in [-0.15, -0.1) is 0 Å². The van der Waals surface area contributed by atoms with Gasteiger partial charge in [0.25, 0.3) is 0 Å². The molecule has 18 heavy (non-hydrogen) atoms. The van der Waals surface area contributed by atoms with E-state index in [1.165, 1.54) is 32.1 Å². The Morgan fingerprint density at radius 2 is 1.61 bits per heavy atom. The van der Waals surface area contributed by atoms with E-state index in [0.29, 0.717) is 6.42 Å². The van der Waals surface area contributed by atoms with E-state index in [0.717, 1.165) is 19.3 Å². The molecule has 0 spiro atoms. The summed E-state index contributed by atoms with van der Waals surface area (Å²) in [5.74, 6) is 0. The van der Waals surface area contributed by atoms with Crippen LogP contribution in [0.5, 0.6) is 0 Å². The van der Waals surface area contributed by atoms with Gasteiger partial charge in [0.1, 0.15) is 0 Å². The Labute approximate surface area is 111 Å². The second kappa shape index (κ2) is 10.7. The summed E-state index contributed by atoms with van der Waals surface area (Å²) in [5.41, 5.74) is 5.90. The van der Waals surface area contributed by atoms with Gasteiger partial charge >= 0.3 is 10.4 Å². The van der Waals surface area contributed by atoms with Crippen LogP contribution in [0.15, 0.2) is 0 Å². The lowest BCUT2D eigenvalue weighted by molar-refractivity contribution is 0.258. The van der Waals surface area contributed by atoms with Crippen molar-refractivity contribution in [2.75, 3.05) is 6.61 Å². The molecule has 0 fully saturated rings. The minimum atomic E-state index is -4.29. The normalized spacial score (nSPS) is 13.7. The van der Waals surface area contributed by atoms with Gasteiger partial charge in [0.15, 0.2) is 0 Å². The van der Waals surface area contributed by atoms with E-state index in [1.54, 1.807) is 0 Å². The molecule has 0 aromatic heterocycles. The van der Waals surface area contributed by atoms with Gasteiger partial charge in [-0.3, -0.25) is 4.55 Å². The fourth-order valence-corrected chi connectivity index (χ4v) is 2.17. The zero-order valence-electron chi connectivity index (χ0n) is 11.3. The third kappa shape index (κ3) is 13.9. The fraction of sp³-hybridized carbons (Fsp3) is 1.00. The smallest absolute Gasteiger partial charge is 0.328 e. The summed E-state index contributed by atoms with van der Waals surface area (Å²) in [6, 6.07) is 0.0983. The van der Waals surface area contributed by atoms with Crippen LogP contribution in [0.1, 0.15) is 64.7 Å². The van der Waals surface area contributed by atoms with E-state index in [9.17, 15) is 8.42 Å². The molecule has 1 atom stereocenters. The highest BCUT2D eigenvalue weighted by atomic mass is 32.3. The molecule has 6 heteroatoms. The van der Waals surface area contributed by atoms with E-state index in [2.05, 4.69) is 11.1 Å². The highest BCUT2D eigenvalue weighted by molar-refractivity contribution is 7.80. The topological polar surface area (TPSA) is 89.6 Å². The van der Waals surface area contributed by atoms with Gasteiger partial charge < -0.3 is 5.73 Å². The van der Waals surface area contributed by atoms with Crippen molar-refractivity contribution in [3.63, 3.8) is 0 Å². The summed E-state index contributed by atoms with van der Waals surface area (Å²) < 4.78 is 33.1. The first kappa shape index (κ1) is 17.8. The van der Waals surface area contributed by atoms with Crippen LogP contribution in [0.25, 0.3) is 0 Å². The monoisotopic (exact) mass is 281 g/mol. The van der Waals surface area contributed by atoms with Crippen molar-refractivity contribution in [2.45, 2.75) is 70.8 Å². The zero-order chi connectivity index (χ0) is 13.9. The van der Waals surface area contributed by atoms with Gasteiger partial charge in [-0.2, -0.15) is 8.42 Å². The van der Waals surface area contributed by atoms with Gasteiger partial charge in [0.05, 0.1) is 6.61 Å². The quantitative estimate of drug-likeness (QED) is 0.424. The van der Waals surface area contributed by atoms with Gasteiger partial charge in [0, 0.05) is 6.04 Å². The predicted octanol–water partition coefficient (Wildman–Crippen LogP) is 2.66. The minimum Gasteiger partial charge on any atom is -0.328 e. The van der Waals surface area contributed by atoms with E-state index in [4.69, 9.17) is 10.3 Å². The maximum atomic E-state index is 10.3. The van der Waals surface area contributed by atoms with Gasteiger partial charge in [-0.1, -0.05) is 45.4 Å². The number of hydrogen-bond donors (Lipinski definition) is 2. The molecule has 110 valence electrons. The van der Waals surface area contributed by atoms with Gasteiger partial charge in [-0.25, -0.2) is 4.18 Å². The van der Waals surface area contributed by atoms with Crippen molar-refractivity contribution in [3.8, 4) is 0 Å². The average Bonchev–Trinajstić information content (AvgIpc) is 2.28. The molecule has 0 heterocycles. The fourth-order valence-electron chi connectivity index (χ4n) is 1.84. The number of unbranched alkanes of at least 4 members (excludes halogenated alkanes) is 5. The van der Waals surface area contributed by atoms with Crippen LogP contribution in [0.4, 0.5) is 0 Å². The number of hydrogen-bond acceptors (Lipinski definition) is 4. The number of rotatable bonds is 12. The van der Waals surface area contributed by atoms with Crippen molar-refractivity contribution in [1.82, 2.24) is 0 Å². The molecule has 0 aromatic carbocycles. The van der Waals surface area contributed by atoms with Crippen LogP contribution in [-0.2, 0) is 14.6 Å². The standard InChI is InChI=1S/C12H27NO4S/c1-2-3-4-5-6-7-9-12(13)10-8-11-17-18(14,15)16/h12H,2-11,13H2,1H3,(H,14,15,16). The van der Waals surface area contributed by atoms with Gasteiger partial charge in [-0.05, 0) is 19.3 Å². The molecule has 0 aliphatic heterocycles. The lowest BCUT2D eigenvalue weighted by Crippen LogP contribution is -2.20. The van der Waals surface area contributed by atoms with Crippen molar-refractivity contribution >= 4 is 10.4 Å². The Morgan fingerprint density at radius 1 is 1.06 bits per heavy atom. The molecular weight excluding hydrogens is 254 g/mol. The van der Waals surface area contributed by atoms with Crippen LogP contribution in [-0.4, -0.2) is 25.6 Å². The molecule has 3 N–H and O–H groups in total. The van der Waals surface area contributed by atoms with E-state index < -0.39 is 10.4 Å². The molecular formula is C12H27NO4S. The molecule has 5 nitrogen and oxygen atoms in total. The van der Waals surface area contributed by atoms with Crippen LogP contribution in [0.3, 0.4) is 0 Å². The lowest BCUT2D eigenvalue weighted by Gasteiger charge is -2.10. The molecule has 0 aliphatic rings. The Balaban J connectivity index is 3.30. The first-order valence-electron chi connectivity index (χ1n) is 6.83. The Bertz CT molecular complexity index is 280. The first-order chi connectivity index (χ1) is 8.45. The molecule has 0 rings (SSSR count). The van der Waals surface area contributed by atoms with Crippen molar-refractivity contribution < 1.29 is 17.2 Å². The lowest BCUT2D eigenvalue weighted by atomic mass is 10.0. The van der Waals surface area contributed by atoms with Crippen molar-refractivity contribution in [3.05, 3.63) is 0 Å². The SMILES string of the molecule is CCCCCCCCC(N)CCCOS(=O)(=O)O. The second-order valence-corrected chi connectivity index (χ2v) is 5.80. The highest BCUT2D eigenvalue weighted by Gasteiger charge is 2.06. The van der Waals surface area contributed by atoms with Crippen LogP contribution in [0, 0.1) is 0 Å². The summed E-state index contributed by atoms with van der Waals surface area (Å²) in [6.45, 7) is 2.20. The second-order valence-electron chi connectivity index (χ2n) is 4.71. The molecule has 0 saturated heterocycles. The largest absolute Gasteiger partial charge is 0.397 e. The van der Waals surface area contributed by atoms with Crippen LogP contribution < -0.4 is 5.73 Å². The zero-order valence-corrected chi connectivity index (χ0v) is 12.1. The minimum absolute atomic E-state index is 0.00301. The third-order valence-electron chi connectivity index (χ3n) is 2.88. The Kier molecular flexibility index (Phi) is 10.6. The molecule has 0 saturated carbocycles. The summed E-state index contributed by atoms with van der Waals surface area (Å²) in [5, 5.41) is 0. The summed E-state index contributed by atoms with van der Waals surface area (Å²) >= 11 is 0. The molecule has 0 radical (unpaired) electrons. The van der Waals surface area contributed by atoms with Crippen LogP contribution in [0.2, 0.25) is 0 Å². The van der Waals surface area contributed by atoms with Crippen molar-refractivity contribution in [2.24, 2.45) is 5.73 Å². The summed E-state index contributed by atoms with van der Waals surface area (Å²) in [7, 11) is -4.29. The van der Waals surface area contributed by atoms with Crippen molar-refractivity contribution in [1.29, 1.82) is 0 Å². The summed E-state index contributed by atoms with van der Waals surface area (Å²) in [6.07, 6.45) is 9.73. The average molecular weight is 281 g/mol. The maximum absolute atomic E-state index is 10.3. The Morgan fingerprint density at radius 3 is 2.22 bits per heavy atom. The van der Waals surface area contributed by atoms with E-state index >= 15 is 0 Å². The molecule has 0 aromatic rings. The molecule has 0 bridgehead atoms. The first-order valence-corrected chi connectivity index (χ1v) is 8.19. The van der Waals surface area contributed by atoms with E-state index in [1.807, 2.05) is 0 Å². The maximum Gasteiger partial charge on any atom is 0.397 e. The molecule has 0 aliphatic carbocycles. The number of nitrogens with two attached hydrogens (primary N) is 1. The molecule has 0 amide bonds. The predicted molar refractivity (Wildman–Crippen MR) is 72.7 cm³/mol. The summed E-state index contributed by atoms with van der Waals surface area (Å²) in [4.78, 5) is 0. The van der Waals surface area contributed by atoms with Gasteiger partial charge in [0.2, 0.25) is 0 Å². The third-order valence-corrected chi connectivity index (χ3v) is 3.34. The van der Waals surface area contributed by atoms with E-state index in [-0.39, 0.29) is 12.6 Å². The molecule has 1 unspecified atom stereocenters. The highest BCUT2D eigenvalue weighted by Crippen LogP contribution is 2.10. The van der Waals surface area contributed by atoms with Crippen LogP contribution >= 0.6 is 0 Å².